The Balaban J connectivity index is 3.14. The molecule has 60 valence electrons. The van der Waals surface area contributed by atoms with Crippen molar-refractivity contribution >= 4 is 0 Å². The Kier molecular flexibility index (Phi) is 1.82. The minimum absolute atomic E-state index is 0.111. The van der Waals surface area contributed by atoms with Crippen molar-refractivity contribution in [3.63, 3.8) is 0 Å². The van der Waals surface area contributed by atoms with Gasteiger partial charge in [-0.15, -0.1) is 0 Å². The van der Waals surface area contributed by atoms with Crippen LogP contribution in [0.15, 0.2) is 24.3 Å². The first-order valence-electron chi connectivity index (χ1n) is 3.04. The van der Waals surface area contributed by atoms with E-state index in [1.54, 1.807) is 12.1 Å². The van der Waals surface area contributed by atoms with E-state index in [1.165, 1.54) is 12.1 Å². The molecule has 0 heterocycles. The zero-order valence-corrected chi connectivity index (χ0v) is 5.73. The molecule has 0 unspecified atom stereocenters. The summed E-state index contributed by atoms with van der Waals surface area (Å²) in [4.78, 5) is 0. The number of hydrogen-bond donors (Lipinski definition) is 4. The normalized spacial score (nSPS) is 11.5. The zero-order chi connectivity index (χ0) is 8.48. The van der Waals surface area contributed by atoms with E-state index < -0.39 is 5.91 Å². The van der Waals surface area contributed by atoms with E-state index >= 15 is 0 Å². The van der Waals surface area contributed by atoms with Gasteiger partial charge in [0.2, 0.25) is 0 Å². The Morgan fingerprint density at radius 1 is 1.18 bits per heavy atom. The molecule has 0 aromatic heterocycles. The van der Waals surface area contributed by atoms with Crippen molar-refractivity contribution in [2.75, 3.05) is 0 Å². The van der Waals surface area contributed by atoms with Gasteiger partial charge in [0, 0.05) is 0 Å². The summed E-state index contributed by atoms with van der Waals surface area (Å²) in [7, 11) is 0. The summed E-state index contributed by atoms with van der Waals surface area (Å²) in [6.45, 7) is 0. The van der Waals surface area contributed by atoms with Crippen LogP contribution in [0.4, 0.5) is 0 Å². The van der Waals surface area contributed by atoms with E-state index in [2.05, 4.69) is 0 Å². The van der Waals surface area contributed by atoms with Crippen molar-refractivity contribution in [3.8, 4) is 5.75 Å². The smallest absolute Gasteiger partial charge is 0.251 e. The fourth-order valence-electron chi connectivity index (χ4n) is 0.785. The molecule has 1 aromatic carbocycles. The second-order valence-corrected chi connectivity index (χ2v) is 2.24. The summed E-state index contributed by atoms with van der Waals surface area (Å²) in [5, 5.41) is 26.7. The molecule has 1 rings (SSSR count). The molecular weight excluding hydrogens is 146 g/mol. The predicted octanol–water partition coefficient (Wildman–Crippen LogP) is -0.554. The number of rotatable bonds is 1. The van der Waals surface area contributed by atoms with Gasteiger partial charge in [0.1, 0.15) is 5.75 Å². The maximum absolute atomic E-state index is 9.05. The maximum Gasteiger partial charge on any atom is 0.251 e. The molecule has 0 radical (unpaired) electrons. The third-order valence-electron chi connectivity index (χ3n) is 1.30. The van der Waals surface area contributed by atoms with Crippen molar-refractivity contribution < 1.29 is 15.3 Å². The Bertz CT molecular complexity index is 254. The lowest BCUT2D eigenvalue weighted by molar-refractivity contribution is -0.164. The minimum atomic E-state index is -2.47. The van der Waals surface area contributed by atoms with Crippen LogP contribution in [0.1, 0.15) is 5.56 Å². The summed E-state index contributed by atoms with van der Waals surface area (Å²) in [6.07, 6.45) is 0. The lowest BCUT2D eigenvalue weighted by Crippen LogP contribution is -2.35. The lowest BCUT2D eigenvalue weighted by atomic mass is 10.1. The van der Waals surface area contributed by atoms with Crippen LogP contribution >= 0.6 is 0 Å². The van der Waals surface area contributed by atoms with Crippen LogP contribution in [0.25, 0.3) is 0 Å². The Hall–Kier alpha value is -1.10. The van der Waals surface area contributed by atoms with Crippen LogP contribution in [0.3, 0.4) is 0 Å². The number of aliphatic hydroxyl groups is 2. The average molecular weight is 155 g/mol. The molecule has 0 fully saturated rings. The standard InChI is InChI=1S/C7H9NO3/c8-7(10,11)5-3-1-2-4-6(5)9/h1-4,9-11H,8H2. The molecular formula is C7H9NO3. The van der Waals surface area contributed by atoms with Gasteiger partial charge in [0.05, 0.1) is 5.56 Å². The van der Waals surface area contributed by atoms with Crippen molar-refractivity contribution in [3.05, 3.63) is 29.8 Å². The van der Waals surface area contributed by atoms with Gasteiger partial charge in [-0.1, -0.05) is 12.1 Å². The topological polar surface area (TPSA) is 86.7 Å². The monoisotopic (exact) mass is 155 g/mol. The van der Waals surface area contributed by atoms with Crippen LogP contribution in [0, 0.1) is 0 Å². The van der Waals surface area contributed by atoms with Crippen LogP contribution in [0.2, 0.25) is 0 Å². The first-order valence-corrected chi connectivity index (χ1v) is 3.04. The van der Waals surface area contributed by atoms with E-state index in [1.807, 2.05) is 0 Å². The number of benzene rings is 1. The summed E-state index contributed by atoms with van der Waals surface area (Å²) >= 11 is 0. The van der Waals surface area contributed by atoms with Crippen molar-refractivity contribution in [1.82, 2.24) is 0 Å². The van der Waals surface area contributed by atoms with Crippen LogP contribution in [-0.2, 0) is 5.91 Å². The van der Waals surface area contributed by atoms with E-state index in [9.17, 15) is 0 Å². The number of aromatic hydroxyl groups is 1. The number of para-hydroxylation sites is 1. The predicted molar refractivity (Wildman–Crippen MR) is 38.4 cm³/mol. The number of hydrogen-bond acceptors (Lipinski definition) is 4. The van der Waals surface area contributed by atoms with Gasteiger partial charge in [0.15, 0.2) is 0 Å². The Morgan fingerprint density at radius 3 is 2.09 bits per heavy atom. The molecule has 0 atom stereocenters. The summed E-state index contributed by atoms with van der Waals surface area (Å²) in [6, 6.07) is 5.76. The lowest BCUT2D eigenvalue weighted by Gasteiger charge is -2.16. The first kappa shape index (κ1) is 8.00. The molecule has 0 aliphatic carbocycles. The summed E-state index contributed by atoms with van der Waals surface area (Å²) in [5.74, 6) is -2.70. The van der Waals surface area contributed by atoms with Gasteiger partial charge >= 0.3 is 0 Å². The molecule has 0 saturated heterocycles. The van der Waals surface area contributed by atoms with E-state index in [0.717, 1.165) is 0 Å². The largest absolute Gasteiger partial charge is 0.507 e. The highest BCUT2D eigenvalue weighted by atomic mass is 16.5. The second kappa shape index (κ2) is 2.50. The molecule has 0 saturated carbocycles. The first-order chi connectivity index (χ1) is 5.02. The van der Waals surface area contributed by atoms with Gasteiger partial charge < -0.3 is 15.3 Å². The Labute approximate surface area is 63.5 Å². The van der Waals surface area contributed by atoms with Gasteiger partial charge in [-0.2, -0.15) is 0 Å². The second-order valence-electron chi connectivity index (χ2n) is 2.24. The van der Waals surface area contributed by atoms with Gasteiger partial charge in [-0.25, -0.2) is 0 Å². The summed E-state index contributed by atoms with van der Waals surface area (Å²) in [5.41, 5.74) is 4.80. The van der Waals surface area contributed by atoms with Crippen LogP contribution in [-0.4, -0.2) is 15.3 Å². The van der Waals surface area contributed by atoms with Gasteiger partial charge in [-0.05, 0) is 12.1 Å². The highest BCUT2D eigenvalue weighted by Gasteiger charge is 2.22. The van der Waals surface area contributed by atoms with Crippen LogP contribution < -0.4 is 5.73 Å². The third kappa shape index (κ3) is 1.68. The number of phenolic OH excluding ortho intramolecular Hbond substituents is 1. The minimum Gasteiger partial charge on any atom is -0.507 e. The molecule has 5 N–H and O–H groups in total. The fraction of sp³-hybridized carbons (Fsp3) is 0.143. The van der Waals surface area contributed by atoms with Crippen LogP contribution in [0.5, 0.6) is 5.75 Å². The summed E-state index contributed by atoms with van der Waals surface area (Å²) < 4.78 is 0. The molecule has 0 aliphatic rings. The highest BCUT2D eigenvalue weighted by molar-refractivity contribution is 5.34. The van der Waals surface area contributed by atoms with Gasteiger partial charge in [-0.3, -0.25) is 5.73 Å². The maximum atomic E-state index is 9.05. The average Bonchev–Trinajstić information content (AvgIpc) is 1.86. The third-order valence-corrected chi connectivity index (χ3v) is 1.30. The molecule has 1 aromatic rings. The van der Waals surface area contributed by atoms with Gasteiger partial charge in [0.25, 0.3) is 5.91 Å². The molecule has 4 nitrogen and oxygen atoms in total. The SMILES string of the molecule is NC(O)(O)c1ccccc1O. The fourth-order valence-corrected chi connectivity index (χ4v) is 0.785. The Morgan fingerprint density at radius 2 is 1.73 bits per heavy atom. The molecule has 4 heteroatoms. The van der Waals surface area contributed by atoms with Crippen molar-refractivity contribution in [2.45, 2.75) is 5.91 Å². The molecule has 0 spiro atoms. The number of phenols is 1. The highest BCUT2D eigenvalue weighted by Crippen LogP contribution is 2.22. The zero-order valence-electron chi connectivity index (χ0n) is 5.73. The van der Waals surface area contributed by atoms with E-state index in [0.29, 0.717) is 0 Å². The van der Waals surface area contributed by atoms with E-state index in [4.69, 9.17) is 21.1 Å². The van der Waals surface area contributed by atoms with Crippen molar-refractivity contribution in [1.29, 1.82) is 0 Å². The molecule has 0 bridgehead atoms. The molecule has 0 aliphatic heterocycles. The molecule has 0 amide bonds. The molecule has 11 heavy (non-hydrogen) atoms. The van der Waals surface area contributed by atoms with E-state index in [-0.39, 0.29) is 11.3 Å². The number of nitrogens with two attached hydrogens (primary N) is 1. The quantitative estimate of drug-likeness (QED) is 0.410. The van der Waals surface area contributed by atoms with Crippen molar-refractivity contribution in [2.24, 2.45) is 5.73 Å².